The third-order valence-corrected chi connectivity index (χ3v) is 9.11. The number of aryl methyl sites for hydroxylation is 1. The van der Waals surface area contributed by atoms with Gasteiger partial charge in [-0.2, -0.15) is 0 Å². The number of anilines is 1. The van der Waals surface area contributed by atoms with Crippen LogP contribution in [-0.2, 0) is 26.2 Å². The summed E-state index contributed by atoms with van der Waals surface area (Å²) in [6.07, 6.45) is 0.324. The lowest BCUT2D eigenvalue weighted by molar-refractivity contribution is -0.140. The van der Waals surface area contributed by atoms with Crippen LogP contribution in [0.1, 0.15) is 31.4 Å². The molecule has 8 nitrogen and oxygen atoms in total. The predicted molar refractivity (Wildman–Crippen MR) is 161 cm³/mol. The van der Waals surface area contributed by atoms with Crippen molar-refractivity contribution in [3.8, 4) is 5.75 Å². The van der Waals surface area contributed by atoms with E-state index in [0.717, 1.165) is 9.87 Å². The van der Waals surface area contributed by atoms with E-state index in [2.05, 4.69) is 21.2 Å². The summed E-state index contributed by atoms with van der Waals surface area (Å²) in [5.74, 6) is -0.403. The van der Waals surface area contributed by atoms with Gasteiger partial charge in [-0.15, -0.1) is 0 Å². The van der Waals surface area contributed by atoms with E-state index in [4.69, 9.17) is 16.3 Å². The topological polar surface area (TPSA) is 96.0 Å². The van der Waals surface area contributed by atoms with E-state index in [1.165, 1.54) is 30.2 Å². The molecule has 214 valence electrons. The molecule has 0 fully saturated rings. The van der Waals surface area contributed by atoms with E-state index in [-0.39, 0.29) is 17.3 Å². The first-order valence-electron chi connectivity index (χ1n) is 12.8. The standard InChI is InChI=1S/C29H33BrClN3O5S/c1-5-26(29(36)32-6-2)33(18-21-9-7-8-10-25(21)31)28(35)19-34(22-13-11-20(3)12-14-22)40(37,38)23-15-16-27(39-4)24(30)17-23/h7-17,26H,5-6,18-19H2,1-4H3,(H,32,36). The van der Waals surface area contributed by atoms with Crippen LogP contribution in [0, 0.1) is 6.92 Å². The number of likely N-dealkylation sites (N-methyl/N-ethyl adjacent to an activating group) is 1. The normalized spacial score (nSPS) is 11.9. The number of halogens is 2. The number of carbonyl (C=O) groups is 2. The van der Waals surface area contributed by atoms with E-state index >= 15 is 0 Å². The minimum Gasteiger partial charge on any atom is -0.496 e. The van der Waals surface area contributed by atoms with Crippen molar-refractivity contribution in [1.29, 1.82) is 0 Å². The number of carbonyl (C=O) groups excluding carboxylic acids is 2. The fourth-order valence-electron chi connectivity index (χ4n) is 4.20. The number of nitrogens with one attached hydrogen (secondary N) is 1. The molecule has 0 saturated carbocycles. The Bertz CT molecular complexity index is 1450. The number of methoxy groups -OCH3 is 1. The molecule has 0 radical (unpaired) electrons. The van der Waals surface area contributed by atoms with Gasteiger partial charge in [0.15, 0.2) is 0 Å². The second-order valence-corrected chi connectivity index (χ2v) is 12.2. The maximum atomic E-state index is 14.0. The van der Waals surface area contributed by atoms with Gasteiger partial charge in [-0.3, -0.25) is 13.9 Å². The van der Waals surface area contributed by atoms with Crippen molar-refractivity contribution >= 4 is 55.1 Å². The van der Waals surface area contributed by atoms with Crippen molar-refractivity contribution in [2.75, 3.05) is 24.5 Å². The second-order valence-electron chi connectivity index (χ2n) is 9.08. The van der Waals surface area contributed by atoms with E-state index in [0.29, 0.717) is 39.5 Å². The second kappa shape index (κ2) is 14.0. The summed E-state index contributed by atoms with van der Waals surface area (Å²) in [5.41, 5.74) is 1.89. The SMILES string of the molecule is CCNC(=O)C(CC)N(Cc1ccccc1Cl)C(=O)CN(c1ccc(C)cc1)S(=O)(=O)c1ccc(OC)c(Br)c1. The van der Waals surface area contributed by atoms with Gasteiger partial charge in [0.1, 0.15) is 18.3 Å². The number of hydrogen-bond donors (Lipinski definition) is 1. The third kappa shape index (κ3) is 7.35. The molecule has 1 N–H and O–H groups in total. The number of ether oxygens (including phenoxy) is 1. The lowest BCUT2D eigenvalue weighted by atomic mass is 10.1. The Kier molecular flexibility index (Phi) is 11.0. The Hall–Kier alpha value is -3.08. The molecule has 0 spiro atoms. The van der Waals surface area contributed by atoms with Crippen molar-refractivity contribution < 1.29 is 22.7 Å². The first-order valence-corrected chi connectivity index (χ1v) is 15.4. The molecule has 1 unspecified atom stereocenters. The van der Waals surface area contributed by atoms with Crippen LogP contribution >= 0.6 is 27.5 Å². The molecule has 0 aromatic heterocycles. The number of benzene rings is 3. The van der Waals surface area contributed by atoms with Crippen LogP contribution in [0.4, 0.5) is 5.69 Å². The van der Waals surface area contributed by atoms with Crippen LogP contribution in [0.15, 0.2) is 76.1 Å². The lowest BCUT2D eigenvalue weighted by Gasteiger charge is -2.33. The fraction of sp³-hybridized carbons (Fsp3) is 0.310. The highest BCUT2D eigenvalue weighted by Gasteiger charge is 2.34. The van der Waals surface area contributed by atoms with Crippen molar-refractivity contribution in [3.63, 3.8) is 0 Å². The summed E-state index contributed by atoms with van der Waals surface area (Å²) < 4.78 is 34.8. The Labute approximate surface area is 249 Å². The van der Waals surface area contributed by atoms with Crippen LogP contribution in [0.3, 0.4) is 0 Å². The van der Waals surface area contributed by atoms with Crippen LogP contribution < -0.4 is 14.4 Å². The monoisotopic (exact) mass is 649 g/mol. The van der Waals surface area contributed by atoms with Crippen molar-refractivity contribution in [3.05, 3.63) is 87.4 Å². The molecular formula is C29H33BrClN3O5S. The van der Waals surface area contributed by atoms with Crippen LogP contribution in [0.25, 0.3) is 0 Å². The average molecular weight is 651 g/mol. The summed E-state index contributed by atoms with van der Waals surface area (Å²) in [6.45, 7) is 5.37. The van der Waals surface area contributed by atoms with E-state index in [1.54, 1.807) is 62.4 Å². The van der Waals surface area contributed by atoms with Gasteiger partial charge in [0, 0.05) is 18.1 Å². The molecule has 0 aliphatic rings. The lowest BCUT2D eigenvalue weighted by Crippen LogP contribution is -2.52. The molecule has 0 saturated heterocycles. The number of hydrogen-bond acceptors (Lipinski definition) is 5. The molecule has 11 heteroatoms. The minimum absolute atomic E-state index is 0.0260. The molecule has 0 bridgehead atoms. The zero-order valence-electron chi connectivity index (χ0n) is 22.9. The zero-order valence-corrected chi connectivity index (χ0v) is 26.0. The minimum atomic E-state index is -4.21. The Morgan fingerprint density at radius 3 is 2.30 bits per heavy atom. The highest BCUT2D eigenvalue weighted by atomic mass is 79.9. The third-order valence-electron chi connectivity index (χ3n) is 6.35. The molecule has 3 rings (SSSR count). The summed E-state index contributed by atoms with van der Waals surface area (Å²) in [6, 6.07) is 17.5. The van der Waals surface area contributed by atoms with Gasteiger partial charge >= 0.3 is 0 Å². The molecule has 0 heterocycles. The van der Waals surface area contributed by atoms with E-state index in [1.807, 2.05) is 6.92 Å². The number of amides is 2. The van der Waals surface area contributed by atoms with Gasteiger partial charge < -0.3 is 15.0 Å². The summed E-state index contributed by atoms with van der Waals surface area (Å²) in [4.78, 5) is 28.4. The van der Waals surface area contributed by atoms with E-state index < -0.39 is 28.5 Å². The van der Waals surface area contributed by atoms with Crippen molar-refractivity contribution in [1.82, 2.24) is 10.2 Å². The molecule has 0 aliphatic heterocycles. The molecular weight excluding hydrogens is 618 g/mol. The van der Waals surface area contributed by atoms with Crippen LogP contribution in [0.5, 0.6) is 5.75 Å². The van der Waals surface area contributed by atoms with Crippen LogP contribution in [0.2, 0.25) is 5.02 Å². The van der Waals surface area contributed by atoms with E-state index in [9.17, 15) is 18.0 Å². The largest absolute Gasteiger partial charge is 0.496 e. The zero-order chi connectivity index (χ0) is 29.4. The van der Waals surface area contributed by atoms with Crippen molar-refractivity contribution in [2.24, 2.45) is 0 Å². The Morgan fingerprint density at radius 2 is 1.73 bits per heavy atom. The van der Waals surface area contributed by atoms with Crippen molar-refractivity contribution in [2.45, 2.75) is 44.7 Å². The Balaban J connectivity index is 2.09. The quantitative estimate of drug-likeness (QED) is 0.277. The molecule has 3 aromatic rings. The average Bonchev–Trinajstić information content (AvgIpc) is 2.93. The number of sulfonamides is 1. The smallest absolute Gasteiger partial charge is 0.264 e. The summed E-state index contributed by atoms with van der Waals surface area (Å²) in [7, 11) is -2.73. The molecule has 0 aliphatic carbocycles. The number of rotatable bonds is 12. The first kappa shape index (κ1) is 31.4. The van der Waals surface area contributed by atoms with Gasteiger partial charge in [-0.25, -0.2) is 8.42 Å². The Morgan fingerprint density at radius 1 is 1.05 bits per heavy atom. The molecule has 3 aromatic carbocycles. The fourth-order valence-corrected chi connectivity index (χ4v) is 6.52. The summed E-state index contributed by atoms with van der Waals surface area (Å²) in [5, 5.41) is 3.22. The highest BCUT2D eigenvalue weighted by Crippen LogP contribution is 2.31. The summed E-state index contributed by atoms with van der Waals surface area (Å²) >= 11 is 9.76. The number of nitrogens with zero attached hydrogens (tertiary/aromatic N) is 2. The maximum Gasteiger partial charge on any atom is 0.264 e. The van der Waals surface area contributed by atoms with Gasteiger partial charge in [0.25, 0.3) is 10.0 Å². The molecule has 2 amide bonds. The van der Waals surface area contributed by atoms with Crippen LogP contribution in [-0.4, -0.2) is 51.4 Å². The van der Waals surface area contributed by atoms with Gasteiger partial charge in [0.2, 0.25) is 11.8 Å². The first-order chi connectivity index (χ1) is 19.0. The maximum absolute atomic E-state index is 14.0. The highest BCUT2D eigenvalue weighted by molar-refractivity contribution is 9.10. The molecule has 40 heavy (non-hydrogen) atoms. The predicted octanol–water partition coefficient (Wildman–Crippen LogP) is 5.56. The van der Waals surface area contributed by atoms with Gasteiger partial charge in [0.05, 0.1) is 22.2 Å². The van der Waals surface area contributed by atoms with Gasteiger partial charge in [-0.05, 0) is 78.2 Å². The van der Waals surface area contributed by atoms with Gasteiger partial charge in [-0.1, -0.05) is 54.4 Å². The molecule has 1 atom stereocenters.